The second kappa shape index (κ2) is 11.0. The molecule has 2 unspecified atom stereocenters. The number of nitrogens with zero attached hydrogens (tertiary/aromatic N) is 2. The van der Waals surface area contributed by atoms with Gasteiger partial charge in [0.25, 0.3) is 0 Å². The molecule has 2 aliphatic heterocycles. The van der Waals surface area contributed by atoms with Gasteiger partial charge in [0.1, 0.15) is 13.2 Å². The monoisotopic (exact) mass is 444 g/mol. The molecule has 178 valence electrons. The van der Waals surface area contributed by atoms with Crippen molar-refractivity contribution in [2.24, 2.45) is 10.8 Å². The van der Waals surface area contributed by atoms with Crippen LogP contribution < -0.4 is 0 Å². The van der Waals surface area contributed by atoms with Crippen molar-refractivity contribution in [2.75, 3.05) is 52.6 Å². The van der Waals surface area contributed by atoms with Crippen LogP contribution in [0.3, 0.4) is 0 Å². The van der Waals surface area contributed by atoms with E-state index in [0.717, 1.165) is 64.7 Å². The van der Waals surface area contributed by atoms with Crippen molar-refractivity contribution in [2.45, 2.75) is 64.2 Å². The number of piperidine rings is 2. The largest absolute Gasteiger partial charge is 0.369 e. The first kappa shape index (κ1) is 23.5. The van der Waals surface area contributed by atoms with Crippen LogP contribution in [0.15, 0.2) is 24.3 Å². The van der Waals surface area contributed by atoms with Gasteiger partial charge >= 0.3 is 0 Å². The van der Waals surface area contributed by atoms with Crippen molar-refractivity contribution in [3.05, 3.63) is 24.3 Å². The highest BCUT2D eigenvalue weighted by atomic mass is 16.5. The third kappa shape index (κ3) is 6.02. The Labute approximate surface area is 193 Å². The van der Waals surface area contributed by atoms with Gasteiger partial charge in [-0.25, -0.2) is 0 Å². The predicted molar refractivity (Wildman–Crippen MR) is 124 cm³/mol. The van der Waals surface area contributed by atoms with Gasteiger partial charge in [0.15, 0.2) is 0 Å². The number of hydrogen-bond donors (Lipinski definition) is 0. The average molecular weight is 445 g/mol. The van der Waals surface area contributed by atoms with E-state index in [1.807, 2.05) is 9.80 Å². The highest BCUT2D eigenvalue weighted by molar-refractivity contribution is 5.78. The molecule has 4 rings (SSSR count). The molecule has 2 heterocycles. The Kier molecular flexibility index (Phi) is 8.06. The third-order valence-corrected chi connectivity index (χ3v) is 7.97. The zero-order chi connectivity index (χ0) is 22.3. The van der Waals surface area contributed by atoms with Gasteiger partial charge in [0, 0.05) is 26.2 Å². The molecular formula is C26H40N2O4. The van der Waals surface area contributed by atoms with Crippen molar-refractivity contribution in [1.82, 2.24) is 9.80 Å². The Hall–Kier alpha value is -1.66. The fraction of sp³-hybridized carbons (Fsp3) is 0.769. The van der Waals surface area contributed by atoms with E-state index in [2.05, 4.69) is 24.3 Å². The van der Waals surface area contributed by atoms with Gasteiger partial charge in [0.05, 0.1) is 13.2 Å². The van der Waals surface area contributed by atoms with Crippen LogP contribution in [0.4, 0.5) is 0 Å². The van der Waals surface area contributed by atoms with Crippen molar-refractivity contribution in [3.63, 3.8) is 0 Å². The summed E-state index contributed by atoms with van der Waals surface area (Å²) in [5.41, 5.74) is 0.570. The van der Waals surface area contributed by atoms with Gasteiger partial charge in [-0.15, -0.1) is 0 Å². The number of rotatable bonds is 7. The summed E-state index contributed by atoms with van der Waals surface area (Å²) in [5.74, 6) is 0.157. The van der Waals surface area contributed by atoms with Gasteiger partial charge in [-0.05, 0) is 75.0 Å². The van der Waals surface area contributed by atoms with Gasteiger partial charge in [-0.3, -0.25) is 9.59 Å². The number of carbonyl (C=O) groups is 2. The lowest BCUT2D eigenvalue weighted by Gasteiger charge is -2.44. The summed E-state index contributed by atoms with van der Waals surface area (Å²) in [5, 5.41) is 0. The molecule has 0 N–H and O–H groups in total. The van der Waals surface area contributed by atoms with E-state index in [-0.39, 0.29) is 35.9 Å². The van der Waals surface area contributed by atoms with E-state index >= 15 is 0 Å². The standard InChI is InChI=1S/C26H40N2O4/c29-23(27-15-7-13-25(21-27)9-3-1-4-10-25)19-31-17-18-32-20-24(30)28-16-8-14-26(22-28)11-5-2-6-12-26/h1-3,5H,4,6-22H2. The molecule has 6 heteroatoms. The summed E-state index contributed by atoms with van der Waals surface area (Å²) >= 11 is 0. The molecule has 0 radical (unpaired) electrons. The summed E-state index contributed by atoms with van der Waals surface area (Å²) in [6.07, 6.45) is 20.5. The minimum absolute atomic E-state index is 0.0786. The maximum atomic E-state index is 12.6. The molecule has 32 heavy (non-hydrogen) atoms. The Bertz CT molecular complexity index is 661. The van der Waals surface area contributed by atoms with Gasteiger partial charge < -0.3 is 19.3 Å². The quantitative estimate of drug-likeness (QED) is 0.444. The second-order valence-electron chi connectivity index (χ2n) is 10.4. The van der Waals surface area contributed by atoms with Crippen LogP contribution in [-0.4, -0.2) is 74.2 Å². The fourth-order valence-corrected chi connectivity index (χ4v) is 6.09. The van der Waals surface area contributed by atoms with Crippen molar-refractivity contribution in [1.29, 1.82) is 0 Å². The van der Waals surface area contributed by atoms with Gasteiger partial charge in [-0.1, -0.05) is 24.3 Å². The molecular weight excluding hydrogens is 404 g/mol. The van der Waals surface area contributed by atoms with E-state index in [9.17, 15) is 9.59 Å². The molecule has 0 aromatic heterocycles. The molecule has 0 aromatic rings. The highest BCUT2D eigenvalue weighted by Crippen LogP contribution is 2.41. The minimum atomic E-state index is 0.0786. The number of hydrogen-bond acceptors (Lipinski definition) is 4. The minimum Gasteiger partial charge on any atom is -0.369 e. The van der Waals surface area contributed by atoms with E-state index in [1.165, 1.54) is 25.7 Å². The van der Waals surface area contributed by atoms with Crippen LogP contribution in [0.25, 0.3) is 0 Å². The summed E-state index contributed by atoms with van der Waals surface area (Å²) in [6.45, 7) is 4.29. The summed E-state index contributed by atoms with van der Waals surface area (Å²) < 4.78 is 11.2. The Morgan fingerprint density at radius 1 is 0.688 bits per heavy atom. The molecule has 2 fully saturated rings. The van der Waals surface area contributed by atoms with Gasteiger partial charge in [0.2, 0.25) is 11.8 Å². The molecule has 2 aliphatic carbocycles. The zero-order valence-corrected chi connectivity index (χ0v) is 19.6. The Morgan fingerprint density at radius 3 is 1.56 bits per heavy atom. The normalized spacial score (nSPS) is 30.2. The third-order valence-electron chi connectivity index (χ3n) is 7.97. The first-order valence-electron chi connectivity index (χ1n) is 12.6. The molecule has 0 saturated carbocycles. The van der Waals surface area contributed by atoms with E-state index < -0.39 is 0 Å². The van der Waals surface area contributed by atoms with Crippen LogP contribution in [0.2, 0.25) is 0 Å². The SMILES string of the molecule is O=C(COCCOCC(=O)N1CCCC2(CC=CCC2)C1)N1CCCC2(CC=CCC2)C1. The number of allylic oxidation sites excluding steroid dienone is 4. The summed E-state index contributed by atoms with van der Waals surface area (Å²) in [4.78, 5) is 29.2. The summed E-state index contributed by atoms with van der Waals surface area (Å²) in [6, 6.07) is 0. The fourth-order valence-electron chi connectivity index (χ4n) is 6.09. The lowest BCUT2D eigenvalue weighted by molar-refractivity contribution is -0.143. The van der Waals surface area contributed by atoms with Crippen LogP contribution >= 0.6 is 0 Å². The number of likely N-dealkylation sites (tertiary alicyclic amines) is 2. The molecule has 2 saturated heterocycles. The van der Waals surface area contributed by atoms with Gasteiger partial charge in [-0.2, -0.15) is 0 Å². The predicted octanol–water partition coefficient (Wildman–Crippen LogP) is 3.72. The van der Waals surface area contributed by atoms with Crippen molar-refractivity contribution in [3.8, 4) is 0 Å². The van der Waals surface area contributed by atoms with E-state index in [1.54, 1.807) is 0 Å². The maximum Gasteiger partial charge on any atom is 0.248 e. The maximum absolute atomic E-state index is 12.6. The second-order valence-corrected chi connectivity index (χ2v) is 10.4. The van der Waals surface area contributed by atoms with Crippen LogP contribution in [0.5, 0.6) is 0 Å². The number of ether oxygens (including phenoxy) is 2. The highest BCUT2D eigenvalue weighted by Gasteiger charge is 2.37. The van der Waals surface area contributed by atoms with Crippen LogP contribution in [0, 0.1) is 10.8 Å². The first-order chi connectivity index (χ1) is 15.6. The topological polar surface area (TPSA) is 59.1 Å². The molecule has 2 amide bonds. The molecule has 2 atom stereocenters. The Morgan fingerprint density at radius 2 is 1.16 bits per heavy atom. The molecule has 2 spiro atoms. The smallest absolute Gasteiger partial charge is 0.248 e. The van der Waals surface area contributed by atoms with Crippen molar-refractivity contribution >= 4 is 11.8 Å². The summed E-state index contributed by atoms with van der Waals surface area (Å²) in [7, 11) is 0. The van der Waals surface area contributed by atoms with Crippen LogP contribution in [0.1, 0.15) is 64.2 Å². The zero-order valence-electron chi connectivity index (χ0n) is 19.6. The molecule has 4 aliphatic rings. The average Bonchev–Trinajstić information content (AvgIpc) is 2.82. The lowest BCUT2D eigenvalue weighted by atomic mass is 9.71. The number of amides is 2. The lowest BCUT2D eigenvalue weighted by Crippen LogP contribution is -2.48. The van der Waals surface area contributed by atoms with E-state index in [0.29, 0.717) is 13.2 Å². The Balaban J connectivity index is 1.10. The van der Waals surface area contributed by atoms with E-state index in [4.69, 9.17) is 9.47 Å². The van der Waals surface area contributed by atoms with Crippen molar-refractivity contribution < 1.29 is 19.1 Å². The van der Waals surface area contributed by atoms with Crippen LogP contribution in [-0.2, 0) is 19.1 Å². The molecule has 0 aromatic carbocycles. The molecule has 0 bridgehead atoms. The first-order valence-corrected chi connectivity index (χ1v) is 12.6. The molecule has 6 nitrogen and oxygen atoms in total. The number of carbonyl (C=O) groups excluding carboxylic acids is 2.